The van der Waals surface area contributed by atoms with Crippen molar-refractivity contribution in [3.8, 4) is 5.75 Å². The standard InChI is InChI=1S/C23H20F3N3O6S2/c1-35-22(34)15(11-28-19(31)16-6-3-7-36-16)29-21(33)18-14(23(24,25)26)9-17(37-18)20(32)27-10-12-4-2-5-13(30)8-12/h2-9,15,30H,10-11H2,1H3,(H,27,32)(H,28,31)(H,29,33)/t15-/m0/s1. The first-order valence-electron chi connectivity index (χ1n) is 10.5. The zero-order valence-electron chi connectivity index (χ0n) is 19.0. The van der Waals surface area contributed by atoms with Gasteiger partial charge in [0.15, 0.2) is 0 Å². The predicted molar refractivity (Wildman–Crippen MR) is 129 cm³/mol. The van der Waals surface area contributed by atoms with E-state index >= 15 is 0 Å². The molecule has 14 heteroatoms. The number of esters is 1. The van der Waals surface area contributed by atoms with Gasteiger partial charge in [-0.1, -0.05) is 18.2 Å². The number of nitrogens with one attached hydrogen (secondary N) is 3. The largest absolute Gasteiger partial charge is 0.508 e. The fourth-order valence-electron chi connectivity index (χ4n) is 3.07. The summed E-state index contributed by atoms with van der Waals surface area (Å²) in [5.41, 5.74) is -0.854. The molecule has 0 aliphatic carbocycles. The maximum atomic E-state index is 13.7. The van der Waals surface area contributed by atoms with Crippen molar-refractivity contribution in [1.29, 1.82) is 0 Å². The summed E-state index contributed by atoms with van der Waals surface area (Å²) in [6, 6.07) is 8.13. The summed E-state index contributed by atoms with van der Waals surface area (Å²) in [4.78, 5) is 48.7. The Kier molecular flexibility index (Phi) is 8.89. The molecule has 4 N–H and O–H groups in total. The van der Waals surface area contributed by atoms with E-state index in [1.807, 2.05) is 0 Å². The molecule has 0 aliphatic heterocycles. The number of thiophene rings is 2. The molecule has 196 valence electrons. The number of hydrogen-bond donors (Lipinski definition) is 4. The van der Waals surface area contributed by atoms with E-state index in [9.17, 15) is 37.5 Å². The van der Waals surface area contributed by atoms with Gasteiger partial charge in [-0.25, -0.2) is 4.79 Å². The van der Waals surface area contributed by atoms with Gasteiger partial charge in [0, 0.05) is 13.1 Å². The number of ether oxygens (including phenoxy) is 1. The number of alkyl halides is 3. The molecule has 0 saturated carbocycles. The first-order valence-corrected chi connectivity index (χ1v) is 12.2. The summed E-state index contributed by atoms with van der Waals surface area (Å²) in [7, 11) is 1.02. The average molecular weight is 556 g/mol. The fourth-order valence-corrected chi connectivity index (χ4v) is 4.70. The maximum Gasteiger partial charge on any atom is 0.418 e. The topological polar surface area (TPSA) is 134 Å². The zero-order chi connectivity index (χ0) is 27.2. The first-order chi connectivity index (χ1) is 17.5. The van der Waals surface area contributed by atoms with Crippen LogP contribution < -0.4 is 16.0 Å². The molecule has 0 radical (unpaired) electrons. The van der Waals surface area contributed by atoms with Gasteiger partial charge in [0.2, 0.25) is 0 Å². The molecular weight excluding hydrogens is 535 g/mol. The molecule has 1 atom stereocenters. The number of halogens is 3. The third-order valence-corrected chi connectivity index (χ3v) is 6.84. The zero-order valence-corrected chi connectivity index (χ0v) is 20.7. The van der Waals surface area contributed by atoms with Crippen LogP contribution in [0, 0.1) is 0 Å². The number of methoxy groups -OCH3 is 1. The Balaban J connectivity index is 1.76. The Labute approximate surface area is 216 Å². The van der Waals surface area contributed by atoms with Gasteiger partial charge in [0.25, 0.3) is 17.7 Å². The monoisotopic (exact) mass is 555 g/mol. The highest BCUT2D eigenvalue weighted by molar-refractivity contribution is 7.16. The number of hydrogen-bond acceptors (Lipinski definition) is 8. The molecule has 1 aromatic carbocycles. The highest BCUT2D eigenvalue weighted by Gasteiger charge is 2.39. The Morgan fingerprint density at radius 3 is 2.35 bits per heavy atom. The normalized spacial score (nSPS) is 11.9. The fraction of sp³-hybridized carbons (Fsp3) is 0.217. The van der Waals surface area contributed by atoms with Crippen LogP contribution in [0.4, 0.5) is 13.2 Å². The summed E-state index contributed by atoms with van der Waals surface area (Å²) in [6.45, 7) is -0.526. The SMILES string of the molecule is COC(=O)[C@H](CNC(=O)c1cccs1)NC(=O)c1sc(C(=O)NCc2cccc(O)c2)cc1C(F)(F)F. The van der Waals surface area contributed by atoms with Crippen molar-refractivity contribution in [3.63, 3.8) is 0 Å². The van der Waals surface area contributed by atoms with E-state index in [0.717, 1.165) is 18.4 Å². The number of benzene rings is 1. The van der Waals surface area contributed by atoms with Crippen molar-refractivity contribution in [2.75, 3.05) is 13.7 Å². The number of carbonyl (C=O) groups is 4. The van der Waals surface area contributed by atoms with Crippen LogP contribution in [0.5, 0.6) is 5.75 Å². The molecule has 3 rings (SSSR count). The summed E-state index contributed by atoms with van der Waals surface area (Å²) >= 11 is 1.43. The van der Waals surface area contributed by atoms with E-state index in [-0.39, 0.29) is 12.3 Å². The smallest absolute Gasteiger partial charge is 0.418 e. The van der Waals surface area contributed by atoms with Crippen LogP contribution in [0.1, 0.15) is 40.1 Å². The van der Waals surface area contributed by atoms with Crippen molar-refractivity contribution < 1.29 is 42.2 Å². The third kappa shape index (κ3) is 7.30. The molecule has 3 aromatic rings. The van der Waals surface area contributed by atoms with Gasteiger partial charge < -0.3 is 25.8 Å². The average Bonchev–Trinajstić information content (AvgIpc) is 3.55. The van der Waals surface area contributed by atoms with Gasteiger partial charge in [-0.3, -0.25) is 14.4 Å². The number of amides is 3. The van der Waals surface area contributed by atoms with Gasteiger partial charge in [0.05, 0.1) is 22.4 Å². The number of phenols is 1. The van der Waals surface area contributed by atoms with Gasteiger partial charge in [-0.2, -0.15) is 13.2 Å². The van der Waals surface area contributed by atoms with E-state index in [1.165, 1.54) is 24.3 Å². The van der Waals surface area contributed by atoms with Crippen molar-refractivity contribution in [2.45, 2.75) is 18.8 Å². The molecule has 9 nitrogen and oxygen atoms in total. The minimum Gasteiger partial charge on any atom is -0.508 e. The lowest BCUT2D eigenvalue weighted by Crippen LogP contribution is -2.49. The predicted octanol–water partition coefficient (Wildman–Crippen LogP) is 3.17. The van der Waals surface area contributed by atoms with Crippen molar-refractivity contribution in [1.82, 2.24) is 16.0 Å². The van der Waals surface area contributed by atoms with Crippen LogP contribution in [0.2, 0.25) is 0 Å². The van der Waals surface area contributed by atoms with E-state index in [4.69, 9.17) is 0 Å². The molecule has 0 spiro atoms. The quantitative estimate of drug-likeness (QED) is 0.300. The maximum absolute atomic E-state index is 13.7. The van der Waals surface area contributed by atoms with Crippen molar-refractivity contribution in [3.05, 3.63) is 73.6 Å². The van der Waals surface area contributed by atoms with Crippen LogP contribution >= 0.6 is 22.7 Å². The molecule has 0 saturated heterocycles. The molecule has 0 unspecified atom stereocenters. The lowest BCUT2D eigenvalue weighted by molar-refractivity contribution is -0.142. The van der Waals surface area contributed by atoms with Crippen LogP contribution in [0.3, 0.4) is 0 Å². The van der Waals surface area contributed by atoms with Crippen LogP contribution in [0.25, 0.3) is 0 Å². The molecule has 0 fully saturated rings. The second-order valence-electron chi connectivity index (χ2n) is 7.44. The molecule has 2 heterocycles. The molecule has 37 heavy (non-hydrogen) atoms. The molecule has 0 aliphatic rings. The van der Waals surface area contributed by atoms with Crippen molar-refractivity contribution in [2.24, 2.45) is 0 Å². The van der Waals surface area contributed by atoms with Gasteiger partial charge in [-0.05, 0) is 35.2 Å². The van der Waals surface area contributed by atoms with Crippen LogP contribution in [-0.4, -0.2) is 48.5 Å². The highest BCUT2D eigenvalue weighted by Crippen LogP contribution is 2.37. The number of carbonyl (C=O) groups excluding carboxylic acids is 4. The van der Waals surface area contributed by atoms with Gasteiger partial charge >= 0.3 is 12.1 Å². The van der Waals surface area contributed by atoms with Gasteiger partial charge in [0.1, 0.15) is 16.7 Å². The van der Waals surface area contributed by atoms with E-state index in [2.05, 4.69) is 20.7 Å². The Bertz CT molecular complexity index is 1290. The van der Waals surface area contributed by atoms with Gasteiger partial charge in [-0.15, -0.1) is 22.7 Å². The summed E-state index contributed by atoms with van der Waals surface area (Å²) < 4.78 is 45.6. The van der Waals surface area contributed by atoms with Crippen LogP contribution in [-0.2, 0) is 22.3 Å². The second-order valence-corrected chi connectivity index (χ2v) is 9.44. The second kappa shape index (κ2) is 11.9. The Morgan fingerprint density at radius 1 is 1.00 bits per heavy atom. The van der Waals surface area contributed by atoms with Crippen LogP contribution in [0.15, 0.2) is 47.8 Å². The minimum absolute atomic E-state index is 0.0482. The lowest BCUT2D eigenvalue weighted by Gasteiger charge is -2.17. The highest BCUT2D eigenvalue weighted by atomic mass is 32.1. The van der Waals surface area contributed by atoms with Crippen molar-refractivity contribution >= 4 is 46.4 Å². The van der Waals surface area contributed by atoms with E-state index < -0.39 is 57.8 Å². The molecular formula is C23H20F3N3O6S2. The summed E-state index contributed by atoms with van der Waals surface area (Å²) in [5.74, 6) is -3.73. The number of rotatable bonds is 9. The Hall–Kier alpha value is -3.91. The third-order valence-electron chi connectivity index (χ3n) is 4.83. The lowest BCUT2D eigenvalue weighted by atomic mass is 10.2. The molecule has 0 bridgehead atoms. The number of phenolic OH excluding ortho intramolecular Hbond substituents is 1. The Morgan fingerprint density at radius 2 is 1.73 bits per heavy atom. The van der Waals surface area contributed by atoms with E-state index in [1.54, 1.807) is 17.5 Å². The molecule has 2 aromatic heterocycles. The molecule has 3 amide bonds. The number of aromatic hydroxyl groups is 1. The summed E-state index contributed by atoms with van der Waals surface area (Å²) in [5, 5.41) is 18.1. The summed E-state index contributed by atoms with van der Waals surface area (Å²) in [6.07, 6.45) is -4.97. The first kappa shape index (κ1) is 27.7. The van der Waals surface area contributed by atoms with E-state index in [0.29, 0.717) is 27.8 Å². The minimum atomic E-state index is -4.97.